The molecule has 1 aliphatic heterocycles. The van der Waals surface area contributed by atoms with Crippen LogP contribution in [0.2, 0.25) is 0 Å². The van der Waals surface area contributed by atoms with Crippen molar-refractivity contribution < 1.29 is 13.9 Å². The van der Waals surface area contributed by atoms with Crippen molar-refractivity contribution >= 4 is 0 Å². The van der Waals surface area contributed by atoms with Crippen molar-refractivity contribution in [2.24, 2.45) is 0 Å². The van der Waals surface area contributed by atoms with Gasteiger partial charge in [-0.25, -0.2) is 8.78 Å². The van der Waals surface area contributed by atoms with E-state index >= 15 is 0 Å². The summed E-state index contributed by atoms with van der Waals surface area (Å²) in [6, 6.07) is 3.51. The Morgan fingerprint density at radius 1 is 1.22 bits per heavy atom. The summed E-state index contributed by atoms with van der Waals surface area (Å²) in [5.41, 5.74) is 0.0773. The Hall–Kier alpha value is -1.04. The molecule has 3 nitrogen and oxygen atoms in total. The lowest BCUT2D eigenvalue weighted by Gasteiger charge is -2.35. The number of piperazine rings is 1. The summed E-state index contributed by atoms with van der Waals surface area (Å²) in [5, 5.41) is 12.3. The zero-order chi connectivity index (χ0) is 13.0. The van der Waals surface area contributed by atoms with Crippen molar-refractivity contribution in [1.82, 2.24) is 10.2 Å². The molecule has 5 heteroatoms. The number of aliphatic hydroxyl groups is 1. The molecule has 1 aromatic carbocycles. The molecule has 2 rings (SSSR count). The van der Waals surface area contributed by atoms with E-state index in [1.54, 1.807) is 0 Å². The van der Waals surface area contributed by atoms with Gasteiger partial charge in [-0.1, -0.05) is 6.07 Å². The number of halogens is 2. The lowest BCUT2D eigenvalue weighted by atomic mass is 10.00. The standard InChI is InChI=1S/C13H18F2N2O/c14-10-2-1-3-11(15)13(10)12(4-9-18)17-7-5-16-6-8-17/h1-3,12,16,18H,4-9H2/t12-/m0/s1. The van der Waals surface area contributed by atoms with Crippen LogP contribution in [-0.4, -0.2) is 42.8 Å². The molecule has 1 heterocycles. The van der Waals surface area contributed by atoms with E-state index in [2.05, 4.69) is 5.32 Å². The molecule has 1 saturated heterocycles. The fourth-order valence-corrected chi connectivity index (χ4v) is 2.45. The maximum absolute atomic E-state index is 13.8. The molecule has 0 unspecified atom stereocenters. The largest absolute Gasteiger partial charge is 0.396 e. The summed E-state index contributed by atoms with van der Waals surface area (Å²) < 4.78 is 27.6. The predicted molar refractivity (Wildman–Crippen MR) is 65.2 cm³/mol. The molecule has 0 spiro atoms. The number of hydrogen-bond acceptors (Lipinski definition) is 3. The summed E-state index contributed by atoms with van der Waals surface area (Å²) in [6.07, 6.45) is 0.345. The van der Waals surface area contributed by atoms with E-state index in [-0.39, 0.29) is 12.2 Å². The van der Waals surface area contributed by atoms with Gasteiger partial charge >= 0.3 is 0 Å². The zero-order valence-corrected chi connectivity index (χ0v) is 10.2. The first-order chi connectivity index (χ1) is 8.74. The van der Waals surface area contributed by atoms with Crippen molar-refractivity contribution in [2.75, 3.05) is 32.8 Å². The van der Waals surface area contributed by atoms with E-state index in [1.807, 2.05) is 4.90 Å². The van der Waals surface area contributed by atoms with Crippen LogP contribution >= 0.6 is 0 Å². The molecule has 1 atom stereocenters. The second kappa shape index (κ2) is 6.22. The van der Waals surface area contributed by atoms with Gasteiger partial charge in [0.25, 0.3) is 0 Å². The highest BCUT2D eigenvalue weighted by molar-refractivity contribution is 5.23. The maximum atomic E-state index is 13.8. The number of nitrogens with zero attached hydrogens (tertiary/aromatic N) is 1. The molecule has 0 radical (unpaired) electrons. The van der Waals surface area contributed by atoms with Gasteiger partial charge in [0.1, 0.15) is 11.6 Å². The number of hydrogen-bond donors (Lipinski definition) is 2. The highest BCUT2D eigenvalue weighted by atomic mass is 19.1. The van der Waals surface area contributed by atoms with Gasteiger partial charge in [-0.2, -0.15) is 0 Å². The molecule has 0 saturated carbocycles. The quantitative estimate of drug-likeness (QED) is 0.852. The first-order valence-corrected chi connectivity index (χ1v) is 6.23. The first-order valence-electron chi connectivity index (χ1n) is 6.23. The Morgan fingerprint density at radius 3 is 2.39 bits per heavy atom. The van der Waals surface area contributed by atoms with Crippen LogP contribution in [-0.2, 0) is 0 Å². The molecule has 0 aromatic heterocycles. The van der Waals surface area contributed by atoms with E-state index in [9.17, 15) is 8.78 Å². The van der Waals surface area contributed by atoms with Crippen LogP contribution in [0.15, 0.2) is 18.2 Å². The molecule has 18 heavy (non-hydrogen) atoms. The number of benzene rings is 1. The fraction of sp³-hybridized carbons (Fsp3) is 0.538. The lowest BCUT2D eigenvalue weighted by Crippen LogP contribution is -2.45. The number of aliphatic hydroxyl groups excluding tert-OH is 1. The van der Waals surface area contributed by atoms with Gasteiger partial charge in [0, 0.05) is 44.4 Å². The second-order valence-corrected chi connectivity index (χ2v) is 4.45. The average Bonchev–Trinajstić information content (AvgIpc) is 2.38. The minimum Gasteiger partial charge on any atom is -0.396 e. The van der Waals surface area contributed by atoms with Crippen molar-refractivity contribution in [1.29, 1.82) is 0 Å². The van der Waals surface area contributed by atoms with Gasteiger partial charge in [-0.05, 0) is 18.6 Å². The van der Waals surface area contributed by atoms with Crippen LogP contribution in [0.25, 0.3) is 0 Å². The maximum Gasteiger partial charge on any atom is 0.130 e. The molecule has 0 bridgehead atoms. The summed E-state index contributed by atoms with van der Waals surface area (Å²) in [7, 11) is 0. The summed E-state index contributed by atoms with van der Waals surface area (Å²) in [4.78, 5) is 2.02. The van der Waals surface area contributed by atoms with Gasteiger partial charge in [0.15, 0.2) is 0 Å². The van der Waals surface area contributed by atoms with Gasteiger partial charge in [-0.3, -0.25) is 4.90 Å². The highest BCUT2D eigenvalue weighted by Gasteiger charge is 2.26. The first kappa shape index (κ1) is 13.4. The third-order valence-corrected chi connectivity index (χ3v) is 3.33. The molecule has 2 N–H and O–H groups in total. The minimum absolute atomic E-state index is 0.0773. The van der Waals surface area contributed by atoms with Crippen LogP contribution in [0.4, 0.5) is 8.78 Å². The van der Waals surface area contributed by atoms with E-state index < -0.39 is 17.7 Å². The normalized spacial score (nSPS) is 18.8. The average molecular weight is 256 g/mol. The Morgan fingerprint density at radius 2 is 1.83 bits per heavy atom. The van der Waals surface area contributed by atoms with Crippen molar-refractivity contribution in [2.45, 2.75) is 12.5 Å². The van der Waals surface area contributed by atoms with Gasteiger partial charge < -0.3 is 10.4 Å². The van der Waals surface area contributed by atoms with E-state index in [4.69, 9.17) is 5.11 Å². The van der Waals surface area contributed by atoms with Crippen molar-refractivity contribution in [3.8, 4) is 0 Å². The number of rotatable bonds is 4. The predicted octanol–water partition coefficient (Wildman–Crippen LogP) is 1.29. The van der Waals surface area contributed by atoms with E-state index in [0.717, 1.165) is 26.2 Å². The van der Waals surface area contributed by atoms with Crippen LogP contribution < -0.4 is 5.32 Å². The topological polar surface area (TPSA) is 35.5 Å². The molecule has 1 fully saturated rings. The zero-order valence-electron chi connectivity index (χ0n) is 10.2. The monoisotopic (exact) mass is 256 g/mol. The Balaban J connectivity index is 2.28. The molecule has 0 aliphatic carbocycles. The van der Waals surface area contributed by atoms with Crippen LogP contribution in [0, 0.1) is 11.6 Å². The SMILES string of the molecule is OCC[C@@H](c1c(F)cccc1F)N1CCNCC1. The Labute approximate surface area is 105 Å². The number of nitrogens with one attached hydrogen (secondary N) is 1. The molecule has 1 aliphatic rings. The molecular formula is C13H18F2N2O. The third-order valence-electron chi connectivity index (χ3n) is 3.33. The molecule has 1 aromatic rings. The second-order valence-electron chi connectivity index (χ2n) is 4.45. The van der Waals surface area contributed by atoms with E-state index in [1.165, 1.54) is 18.2 Å². The Kier molecular flexibility index (Phi) is 4.63. The van der Waals surface area contributed by atoms with Crippen LogP contribution in [0.3, 0.4) is 0 Å². The van der Waals surface area contributed by atoms with Crippen LogP contribution in [0.5, 0.6) is 0 Å². The summed E-state index contributed by atoms with van der Waals surface area (Å²) >= 11 is 0. The third kappa shape index (κ3) is 2.85. The van der Waals surface area contributed by atoms with Crippen LogP contribution in [0.1, 0.15) is 18.0 Å². The van der Waals surface area contributed by atoms with Gasteiger partial charge in [-0.15, -0.1) is 0 Å². The lowest BCUT2D eigenvalue weighted by molar-refractivity contribution is 0.135. The highest BCUT2D eigenvalue weighted by Crippen LogP contribution is 2.28. The van der Waals surface area contributed by atoms with Gasteiger partial charge in [0.2, 0.25) is 0 Å². The van der Waals surface area contributed by atoms with Crippen molar-refractivity contribution in [3.63, 3.8) is 0 Å². The molecular weight excluding hydrogens is 238 g/mol. The molecule has 100 valence electrons. The fourth-order valence-electron chi connectivity index (χ4n) is 2.45. The summed E-state index contributed by atoms with van der Waals surface area (Å²) in [6.45, 7) is 3.00. The smallest absolute Gasteiger partial charge is 0.130 e. The molecule has 0 amide bonds. The van der Waals surface area contributed by atoms with E-state index in [0.29, 0.717) is 6.42 Å². The Bertz CT molecular complexity index is 374. The minimum atomic E-state index is -0.535. The van der Waals surface area contributed by atoms with Gasteiger partial charge in [0.05, 0.1) is 0 Å². The summed E-state index contributed by atoms with van der Waals surface area (Å²) in [5.74, 6) is -1.07. The van der Waals surface area contributed by atoms with Crippen molar-refractivity contribution in [3.05, 3.63) is 35.4 Å².